The fraction of sp³-hybridized carbons (Fsp3) is 0.0714. The van der Waals surface area contributed by atoms with Crippen LogP contribution in [0.1, 0.15) is 15.9 Å². The minimum atomic E-state index is -1.02. The van der Waals surface area contributed by atoms with Gasteiger partial charge in [-0.05, 0) is 36.8 Å². The third kappa shape index (κ3) is 1.92. The van der Waals surface area contributed by atoms with Gasteiger partial charge in [-0.25, -0.2) is 9.48 Å². The van der Waals surface area contributed by atoms with E-state index in [0.29, 0.717) is 16.1 Å². The molecule has 0 amide bonds. The standard InChI is InChI=1S/C14H10ClN3O2/c1-8-5-6-9(15)7-12(8)18-11-4-2-3-10(14(19)20)13(11)16-17-18/h2-7H,1H3,(H,19,20). The third-order valence-corrected chi connectivity index (χ3v) is 3.34. The summed E-state index contributed by atoms with van der Waals surface area (Å²) in [6.45, 7) is 1.93. The molecule has 0 spiro atoms. The minimum Gasteiger partial charge on any atom is -0.478 e. The lowest BCUT2D eigenvalue weighted by atomic mass is 10.1. The van der Waals surface area contributed by atoms with E-state index in [2.05, 4.69) is 10.3 Å². The van der Waals surface area contributed by atoms with Crippen LogP contribution in [0.3, 0.4) is 0 Å². The van der Waals surface area contributed by atoms with Crippen LogP contribution in [0.5, 0.6) is 0 Å². The van der Waals surface area contributed by atoms with Gasteiger partial charge in [-0.1, -0.05) is 28.9 Å². The van der Waals surface area contributed by atoms with Crippen molar-refractivity contribution in [2.75, 3.05) is 0 Å². The Kier molecular flexibility index (Phi) is 2.91. The highest BCUT2D eigenvalue weighted by molar-refractivity contribution is 6.30. The van der Waals surface area contributed by atoms with Gasteiger partial charge in [0, 0.05) is 5.02 Å². The highest BCUT2D eigenvalue weighted by atomic mass is 35.5. The molecule has 0 saturated heterocycles. The van der Waals surface area contributed by atoms with Gasteiger partial charge in [-0.3, -0.25) is 0 Å². The van der Waals surface area contributed by atoms with E-state index >= 15 is 0 Å². The number of aromatic nitrogens is 3. The van der Waals surface area contributed by atoms with Crippen molar-refractivity contribution in [2.45, 2.75) is 6.92 Å². The molecule has 0 bridgehead atoms. The van der Waals surface area contributed by atoms with Crippen molar-refractivity contribution in [3.8, 4) is 5.69 Å². The summed E-state index contributed by atoms with van der Waals surface area (Å²) < 4.78 is 1.60. The van der Waals surface area contributed by atoms with Crippen molar-refractivity contribution >= 4 is 28.6 Å². The van der Waals surface area contributed by atoms with Crippen LogP contribution in [-0.4, -0.2) is 26.1 Å². The van der Waals surface area contributed by atoms with Crippen LogP contribution in [0.25, 0.3) is 16.7 Å². The highest BCUT2D eigenvalue weighted by Crippen LogP contribution is 2.24. The van der Waals surface area contributed by atoms with Crippen molar-refractivity contribution < 1.29 is 9.90 Å². The first kappa shape index (κ1) is 12.6. The molecule has 1 N–H and O–H groups in total. The summed E-state index contributed by atoms with van der Waals surface area (Å²) in [4.78, 5) is 11.2. The van der Waals surface area contributed by atoms with Gasteiger partial charge in [0.25, 0.3) is 0 Å². The fourth-order valence-electron chi connectivity index (χ4n) is 2.11. The van der Waals surface area contributed by atoms with E-state index in [-0.39, 0.29) is 5.56 Å². The zero-order valence-corrected chi connectivity index (χ0v) is 11.3. The number of aryl methyl sites for hydroxylation is 1. The Balaban J connectivity index is 2.31. The summed E-state index contributed by atoms with van der Waals surface area (Å²) in [5, 5.41) is 17.8. The van der Waals surface area contributed by atoms with Crippen molar-refractivity contribution in [2.24, 2.45) is 0 Å². The molecule has 0 aliphatic rings. The Labute approximate surface area is 119 Å². The zero-order valence-electron chi connectivity index (χ0n) is 10.5. The van der Waals surface area contributed by atoms with Crippen LogP contribution in [-0.2, 0) is 0 Å². The summed E-state index contributed by atoms with van der Waals surface area (Å²) in [7, 11) is 0. The molecule has 6 heteroatoms. The molecule has 5 nitrogen and oxygen atoms in total. The predicted octanol–water partition coefficient (Wildman–Crippen LogP) is 3.08. The van der Waals surface area contributed by atoms with Gasteiger partial charge >= 0.3 is 5.97 Å². The van der Waals surface area contributed by atoms with E-state index in [1.54, 1.807) is 28.9 Å². The molecule has 0 atom stereocenters. The highest BCUT2D eigenvalue weighted by Gasteiger charge is 2.15. The molecule has 0 aliphatic heterocycles. The number of carboxylic acid groups (broad SMARTS) is 1. The number of fused-ring (bicyclic) bond motifs is 1. The first-order valence-electron chi connectivity index (χ1n) is 5.92. The number of halogens is 1. The molecule has 0 saturated carbocycles. The van der Waals surface area contributed by atoms with Crippen LogP contribution >= 0.6 is 11.6 Å². The van der Waals surface area contributed by atoms with Crippen molar-refractivity contribution in [3.05, 3.63) is 52.5 Å². The molecule has 0 radical (unpaired) electrons. The Morgan fingerprint density at radius 2 is 2.10 bits per heavy atom. The van der Waals surface area contributed by atoms with Gasteiger partial charge in [-0.15, -0.1) is 5.10 Å². The second kappa shape index (κ2) is 4.61. The average molecular weight is 288 g/mol. The van der Waals surface area contributed by atoms with Gasteiger partial charge < -0.3 is 5.11 Å². The van der Waals surface area contributed by atoms with Gasteiger partial charge in [-0.2, -0.15) is 0 Å². The Morgan fingerprint density at radius 1 is 1.30 bits per heavy atom. The molecule has 0 fully saturated rings. The Hall–Kier alpha value is -2.40. The quantitative estimate of drug-likeness (QED) is 0.786. The van der Waals surface area contributed by atoms with Crippen LogP contribution in [0.2, 0.25) is 5.02 Å². The molecule has 3 aromatic rings. The van der Waals surface area contributed by atoms with Gasteiger partial charge in [0.15, 0.2) is 0 Å². The third-order valence-electron chi connectivity index (χ3n) is 3.11. The summed E-state index contributed by atoms with van der Waals surface area (Å²) in [5.74, 6) is -1.02. The Morgan fingerprint density at radius 3 is 2.85 bits per heavy atom. The summed E-state index contributed by atoms with van der Waals surface area (Å²) in [6, 6.07) is 10.4. The SMILES string of the molecule is Cc1ccc(Cl)cc1-n1nnc2c(C(=O)O)cccc21. The first-order chi connectivity index (χ1) is 9.58. The zero-order chi connectivity index (χ0) is 14.3. The van der Waals surface area contributed by atoms with E-state index in [9.17, 15) is 4.79 Å². The number of carbonyl (C=O) groups is 1. The number of benzene rings is 2. The lowest BCUT2D eigenvalue weighted by Crippen LogP contribution is -2.00. The summed E-state index contributed by atoms with van der Waals surface area (Å²) >= 11 is 6.01. The average Bonchev–Trinajstić information content (AvgIpc) is 2.85. The topological polar surface area (TPSA) is 68.0 Å². The maximum absolute atomic E-state index is 11.2. The molecule has 1 aromatic heterocycles. The summed E-state index contributed by atoms with van der Waals surface area (Å²) in [6.07, 6.45) is 0. The second-order valence-corrected chi connectivity index (χ2v) is 4.85. The van der Waals surface area contributed by atoms with Gasteiger partial charge in [0.05, 0.1) is 16.8 Å². The van der Waals surface area contributed by atoms with Gasteiger partial charge in [0.1, 0.15) is 5.52 Å². The largest absolute Gasteiger partial charge is 0.478 e. The predicted molar refractivity (Wildman–Crippen MR) is 75.6 cm³/mol. The molecule has 100 valence electrons. The van der Waals surface area contributed by atoms with Crippen LogP contribution < -0.4 is 0 Å². The molecule has 1 heterocycles. The maximum Gasteiger partial charge on any atom is 0.338 e. The van der Waals surface area contributed by atoms with E-state index in [4.69, 9.17) is 16.7 Å². The molecular formula is C14H10ClN3O2. The van der Waals surface area contributed by atoms with E-state index in [0.717, 1.165) is 11.3 Å². The number of rotatable bonds is 2. The monoisotopic (exact) mass is 287 g/mol. The van der Waals surface area contributed by atoms with Crippen LogP contribution in [0.4, 0.5) is 0 Å². The molecule has 0 aliphatic carbocycles. The van der Waals surface area contributed by atoms with E-state index in [1.165, 1.54) is 6.07 Å². The molecular weight excluding hydrogens is 278 g/mol. The fourth-order valence-corrected chi connectivity index (χ4v) is 2.27. The molecule has 3 rings (SSSR count). The summed E-state index contributed by atoms with van der Waals surface area (Å²) in [5.41, 5.74) is 2.88. The van der Waals surface area contributed by atoms with Crippen molar-refractivity contribution in [1.29, 1.82) is 0 Å². The maximum atomic E-state index is 11.2. The molecule has 0 unspecified atom stereocenters. The van der Waals surface area contributed by atoms with E-state index < -0.39 is 5.97 Å². The van der Waals surface area contributed by atoms with Crippen LogP contribution in [0.15, 0.2) is 36.4 Å². The van der Waals surface area contributed by atoms with E-state index in [1.807, 2.05) is 13.0 Å². The smallest absolute Gasteiger partial charge is 0.338 e. The lowest BCUT2D eigenvalue weighted by molar-refractivity contribution is 0.0699. The van der Waals surface area contributed by atoms with Crippen molar-refractivity contribution in [3.63, 3.8) is 0 Å². The number of aromatic carboxylic acids is 1. The van der Waals surface area contributed by atoms with Gasteiger partial charge in [0.2, 0.25) is 0 Å². The molecule has 2 aromatic carbocycles. The number of hydrogen-bond acceptors (Lipinski definition) is 3. The normalized spacial score (nSPS) is 10.9. The molecule has 20 heavy (non-hydrogen) atoms. The van der Waals surface area contributed by atoms with Crippen LogP contribution in [0, 0.1) is 6.92 Å². The first-order valence-corrected chi connectivity index (χ1v) is 6.30. The second-order valence-electron chi connectivity index (χ2n) is 4.41. The Bertz CT molecular complexity index is 826. The number of carboxylic acids is 1. The lowest BCUT2D eigenvalue weighted by Gasteiger charge is -2.06. The number of hydrogen-bond donors (Lipinski definition) is 1. The van der Waals surface area contributed by atoms with Crippen molar-refractivity contribution in [1.82, 2.24) is 15.0 Å². The minimum absolute atomic E-state index is 0.133. The number of nitrogens with zero attached hydrogens (tertiary/aromatic N) is 3.